The summed E-state index contributed by atoms with van der Waals surface area (Å²) in [4.78, 5) is 6.56. The Hall–Kier alpha value is -1.15. The maximum atomic E-state index is 10.8. The van der Waals surface area contributed by atoms with Crippen molar-refractivity contribution in [1.82, 2.24) is 9.61 Å². The van der Waals surface area contributed by atoms with Gasteiger partial charge in [0.1, 0.15) is 19.0 Å². The van der Waals surface area contributed by atoms with Gasteiger partial charge in [0.05, 0.1) is 0 Å². The predicted octanol–water partition coefficient (Wildman–Crippen LogP) is 0.0508. The van der Waals surface area contributed by atoms with Crippen molar-refractivity contribution < 1.29 is 18.0 Å². The minimum atomic E-state index is -3.54. The first-order chi connectivity index (χ1) is 7.64. The molecule has 0 aromatic heterocycles. The summed E-state index contributed by atoms with van der Waals surface area (Å²) in [7, 11) is -2.26. The van der Waals surface area contributed by atoms with E-state index in [2.05, 4.69) is 4.84 Å². The van der Waals surface area contributed by atoms with Gasteiger partial charge in [0.2, 0.25) is 0 Å². The Balaban J connectivity index is 2.14. The van der Waals surface area contributed by atoms with Gasteiger partial charge in [-0.05, 0) is 12.1 Å². The number of hydrogen-bond acceptors (Lipinski definition) is 4. The number of benzene rings is 1. The smallest absolute Gasteiger partial charge is 0.298 e. The fourth-order valence-corrected chi connectivity index (χ4v) is 1.20. The summed E-state index contributed by atoms with van der Waals surface area (Å²) in [6.07, 6.45) is 0. The van der Waals surface area contributed by atoms with E-state index in [-0.39, 0.29) is 13.2 Å². The van der Waals surface area contributed by atoms with Gasteiger partial charge in [0.15, 0.2) is 0 Å². The van der Waals surface area contributed by atoms with Gasteiger partial charge in [-0.2, -0.15) is 8.42 Å². The van der Waals surface area contributed by atoms with Crippen LogP contribution in [0.3, 0.4) is 0 Å². The average Bonchev–Trinajstić information content (AvgIpc) is 2.30. The molecule has 90 valence electrons. The van der Waals surface area contributed by atoms with E-state index in [0.29, 0.717) is 5.75 Å². The van der Waals surface area contributed by atoms with E-state index >= 15 is 0 Å². The molecule has 0 saturated heterocycles. The summed E-state index contributed by atoms with van der Waals surface area (Å²) in [5.41, 5.74) is 0. The van der Waals surface area contributed by atoms with Crippen molar-refractivity contribution in [1.29, 1.82) is 0 Å². The van der Waals surface area contributed by atoms with E-state index in [1.165, 1.54) is 7.05 Å². The molecule has 0 spiro atoms. The maximum Gasteiger partial charge on any atom is 0.298 e. The second-order valence-electron chi connectivity index (χ2n) is 2.80. The number of ether oxygens (including phenoxy) is 1. The van der Waals surface area contributed by atoms with Crippen LogP contribution in [-0.4, -0.2) is 28.7 Å². The summed E-state index contributed by atoms with van der Waals surface area (Å²) in [5.74, 6) is 0.711. The highest BCUT2D eigenvalue weighted by atomic mass is 32.2. The Kier molecular flexibility index (Phi) is 5.20. The Labute approximate surface area is 94.7 Å². The molecule has 0 radical (unpaired) electrons. The van der Waals surface area contributed by atoms with Gasteiger partial charge in [-0.1, -0.05) is 23.1 Å². The van der Waals surface area contributed by atoms with Gasteiger partial charge in [-0.25, -0.2) is 4.72 Å². The van der Waals surface area contributed by atoms with Crippen LogP contribution < -0.4 is 14.3 Å². The topological polar surface area (TPSA) is 76.7 Å². The van der Waals surface area contributed by atoms with Crippen molar-refractivity contribution in [2.75, 3.05) is 20.3 Å². The zero-order chi connectivity index (χ0) is 11.9. The van der Waals surface area contributed by atoms with E-state index < -0.39 is 10.2 Å². The fourth-order valence-electron chi connectivity index (χ4n) is 0.879. The molecule has 0 aliphatic carbocycles. The van der Waals surface area contributed by atoms with Crippen LogP contribution >= 0.6 is 0 Å². The fraction of sp³-hybridized carbons (Fsp3) is 0.333. The number of para-hydroxylation sites is 1. The molecular formula is C9H14N2O4S. The van der Waals surface area contributed by atoms with Gasteiger partial charge >= 0.3 is 0 Å². The minimum Gasteiger partial charge on any atom is -0.491 e. The van der Waals surface area contributed by atoms with Crippen molar-refractivity contribution in [3.63, 3.8) is 0 Å². The molecule has 0 bridgehead atoms. The molecule has 0 saturated carbocycles. The Morgan fingerprint density at radius 2 is 1.88 bits per heavy atom. The van der Waals surface area contributed by atoms with Crippen LogP contribution in [0.1, 0.15) is 0 Å². The van der Waals surface area contributed by atoms with Crippen molar-refractivity contribution in [2.24, 2.45) is 0 Å². The molecule has 7 heteroatoms. The van der Waals surface area contributed by atoms with E-state index in [4.69, 9.17) is 4.74 Å². The first kappa shape index (κ1) is 12.9. The molecule has 2 N–H and O–H groups in total. The van der Waals surface area contributed by atoms with Crippen LogP contribution in [0.4, 0.5) is 0 Å². The average molecular weight is 246 g/mol. The van der Waals surface area contributed by atoms with Crippen molar-refractivity contribution in [3.8, 4) is 5.75 Å². The molecule has 16 heavy (non-hydrogen) atoms. The van der Waals surface area contributed by atoms with E-state index in [1.54, 1.807) is 12.1 Å². The lowest BCUT2D eigenvalue weighted by atomic mass is 10.3. The predicted molar refractivity (Wildman–Crippen MR) is 59.0 cm³/mol. The Bertz CT molecular complexity index is 393. The summed E-state index contributed by atoms with van der Waals surface area (Å²) < 4.78 is 29.0. The van der Waals surface area contributed by atoms with Crippen LogP contribution in [0, 0.1) is 0 Å². The lowest BCUT2D eigenvalue weighted by Gasteiger charge is -2.07. The Morgan fingerprint density at radius 1 is 1.19 bits per heavy atom. The van der Waals surface area contributed by atoms with Gasteiger partial charge in [-0.3, -0.25) is 4.84 Å². The highest BCUT2D eigenvalue weighted by Crippen LogP contribution is 2.07. The van der Waals surface area contributed by atoms with Crippen molar-refractivity contribution in [3.05, 3.63) is 30.3 Å². The van der Waals surface area contributed by atoms with Gasteiger partial charge in [0, 0.05) is 7.05 Å². The number of rotatable bonds is 7. The molecule has 1 rings (SSSR count). The van der Waals surface area contributed by atoms with Gasteiger partial charge in [0.25, 0.3) is 10.2 Å². The number of hydrogen-bond donors (Lipinski definition) is 2. The molecule has 0 unspecified atom stereocenters. The largest absolute Gasteiger partial charge is 0.491 e. The summed E-state index contributed by atoms with van der Waals surface area (Å²) in [5, 5.41) is 0. The number of nitrogens with one attached hydrogen (secondary N) is 2. The van der Waals surface area contributed by atoms with Crippen LogP contribution in [0.25, 0.3) is 0 Å². The molecule has 0 atom stereocenters. The van der Waals surface area contributed by atoms with Crippen LogP contribution in [0.5, 0.6) is 5.75 Å². The van der Waals surface area contributed by atoms with Crippen LogP contribution in [-0.2, 0) is 15.0 Å². The zero-order valence-corrected chi connectivity index (χ0v) is 9.66. The third-order valence-corrected chi connectivity index (χ3v) is 2.51. The SMILES string of the molecule is CNS(=O)(=O)NOCCOc1ccccc1. The normalized spacial score (nSPS) is 11.3. The standard InChI is InChI=1S/C9H14N2O4S/c1-10-16(12,13)11-15-8-7-14-9-5-3-2-4-6-9/h2-6,10-11H,7-8H2,1H3. The molecule has 1 aromatic rings. The lowest BCUT2D eigenvalue weighted by molar-refractivity contribution is 0.0660. The van der Waals surface area contributed by atoms with Crippen molar-refractivity contribution in [2.45, 2.75) is 0 Å². The molecule has 0 aliphatic heterocycles. The molecule has 1 aromatic carbocycles. The van der Waals surface area contributed by atoms with Crippen LogP contribution in [0.15, 0.2) is 30.3 Å². The van der Waals surface area contributed by atoms with Crippen molar-refractivity contribution >= 4 is 10.2 Å². The van der Waals surface area contributed by atoms with Gasteiger partial charge < -0.3 is 4.74 Å². The molecule has 0 aliphatic rings. The second-order valence-corrected chi connectivity index (χ2v) is 4.38. The molecule has 0 fully saturated rings. The zero-order valence-electron chi connectivity index (χ0n) is 8.84. The van der Waals surface area contributed by atoms with E-state index in [9.17, 15) is 8.42 Å². The molecule has 0 heterocycles. The van der Waals surface area contributed by atoms with E-state index in [1.807, 2.05) is 27.8 Å². The van der Waals surface area contributed by atoms with Gasteiger partial charge in [-0.15, -0.1) is 0 Å². The molecule has 0 amide bonds. The first-order valence-corrected chi connectivity index (χ1v) is 6.12. The van der Waals surface area contributed by atoms with E-state index in [0.717, 1.165) is 0 Å². The molecule has 6 nitrogen and oxygen atoms in total. The molecular weight excluding hydrogens is 232 g/mol. The third kappa shape index (κ3) is 5.08. The third-order valence-electron chi connectivity index (χ3n) is 1.63. The highest BCUT2D eigenvalue weighted by Gasteiger charge is 2.04. The first-order valence-electron chi connectivity index (χ1n) is 4.64. The summed E-state index contributed by atoms with van der Waals surface area (Å²) in [6, 6.07) is 9.18. The quantitative estimate of drug-likeness (QED) is 0.526. The minimum absolute atomic E-state index is 0.121. The second kappa shape index (κ2) is 6.44. The highest BCUT2D eigenvalue weighted by molar-refractivity contribution is 7.87. The summed E-state index contributed by atoms with van der Waals surface area (Å²) in [6.45, 7) is 0.381. The monoisotopic (exact) mass is 246 g/mol. The Morgan fingerprint density at radius 3 is 2.50 bits per heavy atom. The maximum absolute atomic E-state index is 10.8. The lowest BCUT2D eigenvalue weighted by Crippen LogP contribution is -2.34. The van der Waals surface area contributed by atoms with Crippen LogP contribution in [0.2, 0.25) is 0 Å². The summed E-state index contributed by atoms with van der Waals surface area (Å²) >= 11 is 0.